The third-order valence-corrected chi connectivity index (χ3v) is 5.19. The van der Waals surface area contributed by atoms with Crippen LogP contribution in [0.4, 0.5) is 0 Å². The van der Waals surface area contributed by atoms with Crippen molar-refractivity contribution in [1.82, 2.24) is 4.90 Å². The summed E-state index contributed by atoms with van der Waals surface area (Å²) in [6.45, 7) is 2.87. The van der Waals surface area contributed by atoms with Crippen LogP contribution in [0.15, 0.2) is 0 Å². The summed E-state index contributed by atoms with van der Waals surface area (Å²) < 4.78 is 0. The summed E-state index contributed by atoms with van der Waals surface area (Å²) in [4.78, 5) is 14.0. The fraction of sp³-hybridized carbons (Fsp3) is 0.929. The Morgan fingerprint density at radius 1 is 1.22 bits per heavy atom. The molecule has 2 rings (SSSR count). The van der Waals surface area contributed by atoms with Gasteiger partial charge in [-0.2, -0.15) is 0 Å². The lowest BCUT2D eigenvalue weighted by molar-refractivity contribution is -0.148. The smallest absolute Gasteiger partial charge is 0.451 e. The Morgan fingerprint density at radius 3 is 2.35 bits per heavy atom. The minimum atomic E-state index is -1.32. The summed E-state index contributed by atoms with van der Waals surface area (Å²) in [7, 11) is -1.32. The first kappa shape index (κ1) is 23.0. The number of rotatable bonds is 6. The van der Waals surface area contributed by atoms with Crippen molar-refractivity contribution < 1.29 is 19.9 Å². The van der Waals surface area contributed by atoms with Crippen LogP contribution in [-0.2, 0) is 4.79 Å². The molecule has 6 nitrogen and oxygen atoms in total. The lowest BCUT2D eigenvalue weighted by Gasteiger charge is -2.43. The van der Waals surface area contributed by atoms with E-state index in [1.807, 2.05) is 0 Å². The monoisotopic (exact) mass is 370 g/mol. The van der Waals surface area contributed by atoms with Gasteiger partial charge in [-0.15, -0.1) is 24.8 Å². The molecule has 0 aromatic carbocycles. The third-order valence-electron chi connectivity index (χ3n) is 5.19. The van der Waals surface area contributed by atoms with Crippen molar-refractivity contribution in [3.63, 3.8) is 0 Å². The minimum Gasteiger partial charge on any atom is -0.480 e. The molecule has 1 heterocycles. The standard InChI is InChI=1S/C14H27BN2O4.2ClH/c16-14(13(18)19)9-11(5-6-15(20)21)3-4-12(14)10-17-7-1-2-8-17;;/h11-12,20-21H,1-10,16H2,(H,18,19);2*1H/t11-,12+,14+;;/m0../s1. The molecule has 3 atom stereocenters. The molecule has 0 unspecified atom stereocenters. The number of aliphatic carboxylic acids is 1. The van der Waals surface area contributed by atoms with Gasteiger partial charge in [0, 0.05) is 12.5 Å². The number of hydrogen-bond acceptors (Lipinski definition) is 5. The van der Waals surface area contributed by atoms with Crippen LogP contribution in [-0.4, -0.2) is 58.3 Å². The number of likely N-dealkylation sites (tertiary alicyclic amines) is 1. The largest absolute Gasteiger partial charge is 0.480 e. The van der Waals surface area contributed by atoms with E-state index in [4.69, 9.17) is 15.8 Å². The maximum Gasteiger partial charge on any atom is 0.451 e. The van der Waals surface area contributed by atoms with Crippen LogP contribution in [0.1, 0.15) is 38.5 Å². The maximum absolute atomic E-state index is 11.7. The second kappa shape index (κ2) is 10.1. The van der Waals surface area contributed by atoms with E-state index in [1.165, 1.54) is 12.8 Å². The van der Waals surface area contributed by atoms with E-state index in [0.29, 0.717) is 12.8 Å². The molecular weight excluding hydrogens is 342 g/mol. The summed E-state index contributed by atoms with van der Waals surface area (Å²) in [6.07, 6.45) is 5.47. The first-order valence-corrected chi connectivity index (χ1v) is 8.02. The second-order valence-electron chi connectivity index (χ2n) is 6.76. The molecule has 5 N–H and O–H groups in total. The van der Waals surface area contributed by atoms with Crippen molar-refractivity contribution in [2.75, 3.05) is 19.6 Å². The van der Waals surface area contributed by atoms with Crippen molar-refractivity contribution in [3.8, 4) is 0 Å². The molecule has 0 radical (unpaired) electrons. The molecule has 0 spiro atoms. The van der Waals surface area contributed by atoms with Gasteiger partial charge in [0.05, 0.1) is 0 Å². The zero-order valence-corrected chi connectivity index (χ0v) is 15.0. The van der Waals surface area contributed by atoms with E-state index in [9.17, 15) is 9.90 Å². The third kappa shape index (κ3) is 6.07. The highest BCUT2D eigenvalue weighted by atomic mass is 35.5. The quantitative estimate of drug-likeness (QED) is 0.519. The van der Waals surface area contributed by atoms with Crippen LogP contribution < -0.4 is 5.73 Å². The number of hydrogen-bond donors (Lipinski definition) is 4. The van der Waals surface area contributed by atoms with E-state index in [1.54, 1.807) is 0 Å². The van der Waals surface area contributed by atoms with Crippen molar-refractivity contribution in [2.45, 2.75) is 50.4 Å². The van der Waals surface area contributed by atoms with Gasteiger partial charge < -0.3 is 25.8 Å². The van der Waals surface area contributed by atoms with Gasteiger partial charge in [0.2, 0.25) is 0 Å². The summed E-state index contributed by atoms with van der Waals surface area (Å²) in [5, 5.41) is 27.5. The van der Waals surface area contributed by atoms with Crippen LogP contribution in [0.3, 0.4) is 0 Å². The first-order valence-electron chi connectivity index (χ1n) is 8.02. The van der Waals surface area contributed by atoms with Crippen LogP contribution in [0.25, 0.3) is 0 Å². The molecular formula is C14H29BCl2N2O4. The molecule has 0 bridgehead atoms. The van der Waals surface area contributed by atoms with Gasteiger partial charge >= 0.3 is 13.1 Å². The molecule has 2 fully saturated rings. The summed E-state index contributed by atoms with van der Waals surface area (Å²) in [5.74, 6) is -0.757. The fourth-order valence-electron chi connectivity index (χ4n) is 3.87. The minimum absolute atomic E-state index is 0. The van der Waals surface area contributed by atoms with Gasteiger partial charge in [-0.05, 0) is 57.4 Å². The Morgan fingerprint density at radius 2 is 1.83 bits per heavy atom. The van der Waals surface area contributed by atoms with Crippen molar-refractivity contribution in [1.29, 1.82) is 0 Å². The molecule has 0 amide bonds. The van der Waals surface area contributed by atoms with Crippen molar-refractivity contribution in [3.05, 3.63) is 0 Å². The lowest BCUT2D eigenvalue weighted by atomic mass is 9.66. The number of carboxylic acid groups (broad SMARTS) is 1. The highest BCUT2D eigenvalue weighted by Gasteiger charge is 2.47. The van der Waals surface area contributed by atoms with Crippen molar-refractivity contribution in [2.24, 2.45) is 17.6 Å². The Balaban J connectivity index is 0.00000242. The SMILES string of the molecule is Cl.Cl.N[C@]1(C(=O)O)C[C@H](CCB(O)O)CC[C@@H]1CN1CCCC1. The zero-order valence-electron chi connectivity index (χ0n) is 13.4. The average Bonchev–Trinajstić information content (AvgIpc) is 2.92. The van der Waals surface area contributed by atoms with Crippen LogP contribution >= 0.6 is 24.8 Å². The molecule has 136 valence electrons. The number of carboxylic acids is 1. The van der Waals surface area contributed by atoms with Gasteiger partial charge in [-0.1, -0.05) is 6.42 Å². The summed E-state index contributed by atoms with van der Waals surface area (Å²) in [5.41, 5.74) is 5.10. The molecule has 0 aromatic rings. The first-order chi connectivity index (χ1) is 9.91. The van der Waals surface area contributed by atoms with Crippen LogP contribution in [0.2, 0.25) is 6.32 Å². The predicted molar refractivity (Wildman–Crippen MR) is 95.2 cm³/mol. The Kier molecular flexibility index (Phi) is 10.0. The molecule has 0 aromatic heterocycles. The van der Waals surface area contributed by atoms with E-state index >= 15 is 0 Å². The fourth-order valence-corrected chi connectivity index (χ4v) is 3.87. The Labute approximate surface area is 150 Å². The molecule has 1 aliphatic carbocycles. The zero-order chi connectivity index (χ0) is 15.5. The highest BCUT2D eigenvalue weighted by molar-refractivity contribution is 6.40. The predicted octanol–water partition coefficient (Wildman–Crippen LogP) is 0.987. The van der Waals surface area contributed by atoms with Gasteiger partial charge in [-0.3, -0.25) is 4.79 Å². The van der Waals surface area contributed by atoms with E-state index in [0.717, 1.165) is 32.5 Å². The summed E-state index contributed by atoms with van der Waals surface area (Å²) in [6, 6.07) is 0. The van der Waals surface area contributed by atoms with Gasteiger partial charge in [0.15, 0.2) is 0 Å². The Hall–Kier alpha value is -0.0451. The lowest BCUT2D eigenvalue weighted by Crippen LogP contribution is -2.59. The van der Waals surface area contributed by atoms with E-state index < -0.39 is 18.6 Å². The number of nitrogens with zero attached hydrogens (tertiary/aromatic N) is 1. The molecule has 1 saturated heterocycles. The van der Waals surface area contributed by atoms with Gasteiger partial charge in [0.1, 0.15) is 5.54 Å². The average molecular weight is 371 g/mol. The topological polar surface area (TPSA) is 107 Å². The van der Waals surface area contributed by atoms with Gasteiger partial charge in [-0.25, -0.2) is 0 Å². The number of carbonyl (C=O) groups is 1. The van der Waals surface area contributed by atoms with Crippen molar-refractivity contribution >= 4 is 37.9 Å². The van der Waals surface area contributed by atoms with Crippen LogP contribution in [0, 0.1) is 11.8 Å². The molecule has 1 saturated carbocycles. The molecule has 1 aliphatic heterocycles. The maximum atomic E-state index is 11.7. The second-order valence-corrected chi connectivity index (χ2v) is 6.76. The molecule has 2 aliphatic rings. The number of halogens is 2. The van der Waals surface area contributed by atoms with E-state index in [-0.39, 0.29) is 43.0 Å². The number of nitrogens with two attached hydrogens (primary N) is 1. The molecule has 23 heavy (non-hydrogen) atoms. The molecule has 9 heteroatoms. The Bertz CT molecular complexity index is 373. The highest BCUT2D eigenvalue weighted by Crippen LogP contribution is 2.39. The van der Waals surface area contributed by atoms with E-state index in [2.05, 4.69) is 4.90 Å². The normalized spacial score (nSPS) is 31.1. The summed E-state index contributed by atoms with van der Waals surface area (Å²) >= 11 is 0. The van der Waals surface area contributed by atoms with Crippen LogP contribution in [0.5, 0.6) is 0 Å². The van der Waals surface area contributed by atoms with Gasteiger partial charge in [0.25, 0.3) is 0 Å².